The first-order chi connectivity index (χ1) is 9.81. The number of hydrogen-bond donors (Lipinski definition) is 1. The van der Waals surface area contributed by atoms with Crippen LogP contribution in [0.15, 0.2) is 24.3 Å². The lowest BCUT2D eigenvalue weighted by Crippen LogP contribution is -2.42. The highest BCUT2D eigenvalue weighted by atomic mass is 14.9. The molecule has 0 heterocycles. The highest BCUT2D eigenvalue weighted by Gasteiger charge is 2.34. The van der Waals surface area contributed by atoms with E-state index in [0.29, 0.717) is 0 Å². The highest BCUT2D eigenvalue weighted by molar-refractivity contribution is 5.32. The summed E-state index contributed by atoms with van der Waals surface area (Å²) in [6.07, 6.45) is 9.75. The lowest BCUT2D eigenvalue weighted by molar-refractivity contribution is 0.176. The summed E-state index contributed by atoms with van der Waals surface area (Å²) in [5.41, 5.74) is 3.20. The Morgan fingerprint density at radius 1 is 1.10 bits per heavy atom. The van der Waals surface area contributed by atoms with Gasteiger partial charge in [0.1, 0.15) is 0 Å². The molecule has 0 bridgehead atoms. The van der Waals surface area contributed by atoms with E-state index in [1.807, 2.05) is 0 Å². The molecule has 1 heteroatoms. The van der Waals surface area contributed by atoms with Gasteiger partial charge in [0, 0.05) is 6.04 Å². The predicted octanol–water partition coefficient (Wildman–Crippen LogP) is 4.21. The Balaban J connectivity index is 1.69. The summed E-state index contributed by atoms with van der Waals surface area (Å²) in [5, 5.41) is 3.69. The molecule has 2 aliphatic rings. The topological polar surface area (TPSA) is 12.0 Å². The summed E-state index contributed by atoms with van der Waals surface area (Å²) in [6.45, 7) is 2.37. The van der Waals surface area contributed by atoms with Crippen LogP contribution in [0.3, 0.4) is 0 Å². The zero-order chi connectivity index (χ0) is 13.9. The van der Waals surface area contributed by atoms with Crippen molar-refractivity contribution in [1.82, 2.24) is 5.32 Å². The van der Waals surface area contributed by atoms with Crippen LogP contribution < -0.4 is 5.32 Å². The molecule has 0 amide bonds. The van der Waals surface area contributed by atoms with Gasteiger partial charge in [0.05, 0.1) is 0 Å². The molecular formula is C19H29N. The molecule has 20 heavy (non-hydrogen) atoms. The molecule has 1 aromatic rings. The van der Waals surface area contributed by atoms with Gasteiger partial charge >= 0.3 is 0 Å². The third-order valence-electron chi connectivity index (χ3n) is 5.83. The number of rotatable bonds is 4. The molecule has 1 aromatic carbocycles. The van der Waals surface area contributed by atoms with Crippen molar-refractivity contribution in [2.45, 2.75) is 57.9 Å². The summed E-state index contributed by atoms with van der Waals surface area (Å²) in [5.74, 6) is 2.70. The molecule has 0 radical (unpaired) electrons. The van der Waals surface area contributed by atoms with Gasteiger partial charge in [-0.2, -0.15) is 0 Å². The van der Waals surface area contributed by atoms with Crippen LogP contribution in [-0.4, -0.2) is 13.1 Å². The third-order valence-corrected chi connectivity index (χ3v) is 5.83. The monoisotopic (exact) mass is 271 g/mol. The highest BCUT2D eigenvalue weighted by Crippen LogP contribution is 2.38. The fourth-order valence-corrected chi connectivity index (χ4v) is 4.73. The second-order valence-corrected chi connectivity index (χ2v) is 6.95. The van der Waals surface area contributed by atoms with Crippen LogP contribution in [-0.2, 0) is 12.8 Å². The second-order valence-electron chi connectivity index (χ2n) is 6.95. The van der Waals surface area contributed by atoms with Gasteiger partial charge in [0.2, 0.25) is 0 Å². The Kier molecular flexibility index (Phi) is 4.45. The van der Waals surface area contributed by atoms with Crippen molar-refractivity contribution < 1.29 is 0 Å². The molecule has 0 saturated heterocycles. The second kappa shape index (κ2) is 6.30. The molecule has 3 rings (SSSR count). The van der Waals surface area contributed by atoms with E-state index in [1.54, 1.807) is 11.1 Å². The molecule has 1 saturated carbocycles. The van der Waals surface area contributed by atoms with E-state index < -0.39 is 0 Å². The molecule has 110 valence electrons. The lowest BCUT2D eigenvalue weighted by atomic mass is 9.73. The maximum Gasteiger partial charge on any atom is 0.0127 e. The molecular weight excluding hydrogens is 242 g/mol. The first-order valence-electron chi connectivity index (χ1n) is 8.55. The van der Waals surface area contributed by atoms with Gasteiger partial charge in [0.15, 0.2) is 0 Å². The number of hydrogen-bond acceptors (Lipinski definition) is 1. The molecule has 3 unspecified atom stereocenters. The van der Waals surface area contributed by atoms with Crippen molar-refractivity contribution in [1.29, 1.82) is 0 Å². The zero-order valence-corrected chi connectivity index (χ0v) is 13.1. The first kappa shape index (κ1) is 14.1. The quantitative estimate of drug-likeness (QED) is 0.865. The number of fused-ring (bicyclic) bond motifs is 1. The maximum absolute atomic E-state index is 3.69. The Hall–Kier alpha value is -0.820. The van der Waals surface area contributed by atoms with Gasteiger partial charge < -0.3 is 5.32 Å². The van der Waals surface area contributed by atoms with Crippen LogP contribution in [0.2, 0.25) is 0 Å². The summed E-state index contributed by atoms with van der Waals surface area (Å²) in [7, 11) is 2.18. The van der Waals surface area contributed by atoms with E-state index in [-0.39, 0.29) is 0 Å². The minimum atomic E-state index is 0.719. The van der Waals surface area contributed by atoms with E-state index in [2.05, 4.69) is 43.6 Å². The Labute approximate surface area is 124 Å². The molecule has 3 atom stereocenters. The van der Waals surface area contributed by atoms with E-state index >= 15 is 0 Å². The van der Waals surface area contributed by atoms with Crippen LogP contribution >= 0.6 is 0 Å². The maximum atomic E-state index is 3.69. The minimum absolute atomic E-state index is 0.719. The Bertz CT molecular complexity index is 414. The normalized spacial score (nSPS) is 28.3. The van der Waals surface area contributed by atoms with Crippen LogP contribution in [0, 0.1) is 17.8 Å². The number of nitrogens with one attached hydrogen (secondary N) is 1. The molecule has 0 spiro atoms. The lowest BCUT2D eigenvalue weighted by Gasteiger charge is -2.37. The minimum Gasteiger partial charge on any atom is -0.316 e. The molecule has 2 aliphatic carbocycles. The van der Waals surface area contributed by atoms with E-state index in [0.717, 1.165) is 23.8 Å². The van der Waals surface area contributed by atoms with Crippen molar-refractivity contribution in [3.8, 4) is 0 Å². The van der Waals surface area contributed by atoms with E-state index in [4.69, 9.17) is 0 Å². The standard InChI is InChI=1S/C19H29N/c1-3-14-7-6-10-17(11-14)19(20-2)18-12-15-8-4-5-9-16(15)13-18/h4-5,8-9,14,17-20H,3,6-7,10-13H2,1-2H3. The van der Waals surface area contributed by atoms with Gasteiger partial charge in [0.25, 0.3) is 0 Å². The van der Waals surface area contributed by atoms with Gasteiger partial charge in [-0.1, -0.05) is 50.5 Å². The SMILES string of the molecule is CCC1CCCC(C(NC)C2Cc3ccccc3C2)C1. The van der Waals surface area contributed by atoms with Gasteiger partial charge in [-0.3, -0.25) is 0 Å². The van der Waals surface area contributed by atoms with Crippen LogP contribution in [0.25, 0.3) is 0 Å². The van der Waals surface area contributed by atoms with Crippen LogP contribution in [0.5, 0.6) is 0 Å². The summed E-state index contributed by atoms with van der Waals surface area (Å²) in [4.78, 5) is 0. The largest absolute Gasteiger partial charge is 0.316 e. The Morgan fingerprint density at radius 2 is 1.80 bits per heavy atom. The van der Waals surface area contributed by atoms with Gasteiger partial charge in [-0.05, 0) is 61.6 Å². The first-order valence-corrected chi connectivity index (χ1v) is 8.55. The molecule has 1 nitrogen and oxygen atoms in total. The third kappa shape index (κ3) is 2.79. The predicted molar refractivity (Wildman–Crippen MR) is 85.9 cm³/mol. The van der Waals surface area contributed by atoms with Crippen molar-refractivity contribution in [3.05, 3.63) is 35.4 Å². The average molecular weight is 271 g/mol. The van der Waals surface area contributed by atoms with Crippen molar-refractivity contribution in [2.75, 3.05) is 7.05 Å². The van der Waals surface area contributed by atoms with Crippen LogP contribution in [0.4, 0.5) is 0 Å². The van der Waals surface area contributed by atoms with Crippen molar-refractivity contribution in [3.63, 3.8) is 0 Å². The number of benzene rings is 1. The summed E-state index contributed by atoms with van der Waals surface area (Å²) < 4.78 is 0. The molecule has 1 N–H and O–H groups in total. The zero-order valence-electron chi connectivity index (χ0n) is 13.1. The summed E-state index contributed by atoms with van der Waals surface area (Å²) >= 11 is 0. The average Bonchev–Trinajstić information content (AvgIpc) is 2.91. The summed E-state index contributed by atoms with van der Waals surface area (Å²) in [6, 6.07) is 9.78. The van der Waals surface area contributed by atoms with Crippen LogP contribution in [0.1, 0.15) is 50.2 Å². The van der Waals surface area contributed by atoms with Gasteiger partial charge in [-0.25, -0.2) is 0 Å². The smallest absolute Gasteiger partial charge is 0.0127 e. The fraction of sp³-hybridized carbons (Fsp3) is 0.684. The van der Waals surface area contributed by atoms with Crippen molar-refractivity contribution >= 4 is 0 Å². The van der Waals surface area contributed by atoms with Gasteiger partial charge in [-0.15, -0.1) is 0 Å². The molecule has 0 aromatic heterocycles. The molecule has 1 fully saturated rings. The van der Waals surface area contributed by atoms with E-state index in [1.165, 1.54) is 44.9 Å². The Morgan fingerprint density at radius 3 is 2.40 bits per heavy atom. The van der Waals surface area contributed by atoms with Crippen molar-refractivity contribution in [2.24, 2.45) is 17.8 Å². The van der Waals surface area contributed by atoms with E-state index in [9.17, 15) is 0 Å². The molecule has 0 aliphatic heterocycles. The fourth-order valence-electron chi connectivity index (χ4n) is 4.73.